The lowest BCUT2D eigenvalue weighted by Gasteiger charge is -2.23. The molecule has 1 aromatic rings. The van der Waals surface area contributed by atoms with Gasteiger partial charge in [-0.05, 0) is 30.5 Å². The number of hydrogen-bond donors (Lipinski definition) is 0. The van der Waals surface area contributed by atoms with E-state index in [0.717, 1.165) is 10.9 Å². The summed E-state index contributed by atoms with van der Waals surface area (Å²) in [7, 11) is 1.36. The van der Waals surface area contributed by atoms with E-state index < -0.39 is 0 Å². The minimum atomic E-state index is -0.299. The smallest absolute Gasteiger partial charge is 0.307 e. The normalized spacial score (nSPS) is 10.5. The largest absolute Gasteiger partial charge is 0.469 e. The molecule has 0 aliphatic carbocycles. The number of benzene rings is 1. The van der Waals surface area contributed by atoms with Gasteiger partial charge in [0.05, 0.1) is 13.5 Å². The van der Waals surface area contributed by atoms with E-state index in [1.165, 1.54) is 7.11 Å². The van der Waals surface area contributed by atoms with Crippen molar-refractivity contribution in [3.63, 3.8) is 0 Å². The molecule has 4 nitrogen and oxygen atoms in total. The fourth-order valence-electron chi connectivity index (χ4n) is 1.86. The van der Waals surface area contributed by atoms with E-state index in [-0.39, 0.29) is 18.3 Å². The van der Waals surface area contributed by atoms with Crippen LogP contribution in [0.25, 0.3) is 0 Å². The molecule has 0 atom stereocenters. The van der Waals surface area contributed by atoms with Gasteiger partial charge in [-0.3, -0.25) is 9.59 Å². The fraction of sp³-hybridized carbons (Fsp3) is 0.500. The molecular weight excluding hydrogens is 334 g/mol. The Morgan fingerprint density at radius 2 is 2.00 bits per heavy atom. The Kier molecular flexibility index (Phi) is 7.43. The second kappa shape index (κ2) is 8.82. The van der Waals surface area contributed by atoms with Crippen molar-refractivity contribution >= 4 is 27.8 Å². The summed E-state index contributed by atoms with van der Waals surface area (Å²) in [4.78, 5) is 25.6. The molecule has 0 bridgehead atoms. The number of rotatable bonds is 7. The third-order valence-electron chi connectivity index (χ3n) is 3.15. The molecule has 116 valence electrons. The predicted octanol–water partition coefficient (Wildman–Crippen LogP) is 3.50. The van der Waals surface area contributed by atoms with Gasteiger partial charge in [-0.25, -0.2) is 0 Å². The number of esters is 1. The molecule has 1 aromatic carbocycles. The minimum Gasteiger partial charge on any atom is -0.469 e. The lowest BCUT2D eigenvalue weighted by atomic mass is 10.1. The molecule has 5 heteroatoms. The number of methoxy groups -OCH3 is 1. The summed E-state index contributed by atoms with van der Waals surface area (Å²) in [5, 5.41) is 0. The van der Waals surface area contributed by atoms with Gasteiger partial charge in [0, 0.05) is 23.1 Å². The zero-order valence-corrected chi connectivity index (χ0v) is 14.4. The van der Waals surface area contributed by atoms with Crippen molar-refractivity contribution in [2.24, 2.45) is 5.92 Å². The van der Waals surface area contributed by atoms with Crippen LogP contribution in [0.4, 0.5) is 0 Å². The third-order valence-corrected chi connectivity index (χ3v) is 3.64. The molecule has 0 saturated carbocycles. The highest BCUT2D eigenvalue weighted by Gasteiger charge is 2.17. The number of halogens is 1. The van der Waals surface area contributed by atoms with Gasteiger partial charge in [0.15, 0.2) is 0 Å². The van der Waals surface area contributed by atoms with Crippen LogP contribution in [0.2, 0.25) is 0 Å². The number of ether oxygens (including phenoxy) is 1. The average Bonchev–Trinajstić information content (AvgIpc) is 2.46. The summed E-state index contributed by atoms with van der Waals surface area (Å²) in [5.74, 6) is 0.147. The van der Waals surface area contributed by atoms with Crippen LogP contribution in [0.15, 0.2) is 28.7 Å². The average molecular weight is 356 g/mol. The van der Waals surface area contributed by atoms with Crippen molar-refractivity contribution in [3.8, 4) is 0 Å². The van der Waals surface area contributed by atoms with E-state index in [2.05, 4.69) is 34.5 Å². The van der Waals surface area contributed by atoms with Gasteiger partial charge in [-0.15, -0.1) is 0 Å². The maximum absolute atomic E-state index is 12.6. The van der Waals surface area contributed by atoms with Gasteiger partial charge in [0.25, 0.3) is 5.91 Å². The molecule has 0 fully saturated rings. The Bertz CT molecular complexity index is 488. The lowest BCUT2D eigenvalue weighted by Crippen LogP contribution is -2.34. The molecule has 21 heavy (non-hydrogen) atoms. The van der Waals surface area contributed by atoms with E-state index in [0.29, 0.717) is 24.6 Å². The number of nitrogens with zero attached hydrogens (tertiary/aromatic N) is 1. The molecule has 1 amide bonds. The monoisotopic (exact) mass is 355 g/mol. The van der Waals surface area contributed by atoms with Gasteiger partial charge in [0.2, 0.25) is 0 Å². The van der Waals surface area contributed by atoms with Crippen molar-refractivity contribution < 1.29 is 14.3 Å². The first-order valence-corrected chi connectivity index (χ1v) is 7.85. The molecule has 0 spiro atoms. The Morgan fingerprint density at radius 1 is 1.29 bits per heavy atom. The number of hydrogen-bond acceptors (Lipinski definition) is 3. The Balaban J connectivity index is 2.78. The van der Waals surface area contributed by atoms with Crippen molar-refractivity contribution in [2.75, 3.05) is 20.2 Å². The highest BCUT2D eigenvalue weighted by atomic mass is 79.9. The molecule has 0 N–H and O–H groups in total. The lowest BCUT2D eigenvalue weighted by molar-refractivity contribution is -0.140. The summed E-state index contributed by atoms with van der Waals surface area (Å²) >= 11 is 3.37. The molecule has 0 saturated heterocycles. The Morgan fingerprint density at radius 3 is 2.57 bits per heavy atom. The molecule has 0 radical (unpaired) electrons. The van der Waals surface area contributed by atoms with E-state index >= 15 is 0 Å². The summed E-state index contributed by atoms with van der Waals surface area (Å²) in [6.07, 6.45) is 1.12. The second-order valence-corrected chi connectivity index (χ2v) is 6.23. The van der Waals surface area contributed by atoms with Crippen molar-refractivity contribution in [1.82, 2.24) is 4.90 Å². The summed E-state index contributed by atoms with van der Waals surface area (Å²) in [6, 6.07) is 7.29. The highest BCUT2D eigenvalue weighted by Crippen LogP contribution is 2.15. The summed E-state index contributed by atoms with van der Waals surface area (Å²) < 4.78 is 5.51. The maximum atomic E-state index is 12.6. The second-order valence-electron chi connectivity index (χ2n) is 5.31. The molecule has 1 rings (SSSR count). The van der Waals surface area contributed by atoms with Crippen LogP contribution in [0, 0.1) is 5.92 Å². The van der Waals surface area contributed by atoms with E-state index in [9.17, 15) is 9.59 Å². The van der Waals surface area contributed by atoms with Crippen molar-refractivity contribution in [2.45, 2.75) is 26.7 Å². The number of carbonyl (C=O) groups is 2. The fourth-order valence-corrected chi connectivity index (χ4v) is 2.26. The van der Waals surface area contributed by atoms with Crippen LogP contribution in [0.1, 0.15) is 37.0 Å². The first-order chi connectivity index (χ1) is 9.93. The zero-order valence-electron chi connectivity index (χ0n) is 12.8. The van der Waals surface area contributed by atoms with E-state index in [4.69, 9.17) is 0 Å². The Hall–Kier alpha value is -1.36. The van der Waals surface area contributed by atoms with Gasteiger partial charge < -0.3 is 9.64 Å². The van der Waals surface area contributed by atoms with E-state index in [1.54, 1.807) is 17.0 Å². The van der Waals surface area contributed by atoms with Gasteiger partial charge in [-0.1, -0.05) is 35.8 Å². The molecular formula is C16H22BrNO3. The first-order valence-electron chi connectivity index (χ1n) is 7.05. The SMILES string of the molecule is COC(=O)CCN(CCC(C)C)C(=O)c1cccc(Br)c1. The van der Waals surface area contributed by atoms with Crippen LogP contribution in [0.3, 0.4) is 0 Å². The molecule has 0 aliphatic heterocycles. The van der Waals surface area contributed by atoms with Crippen LogP contribution in [0.5, 0.6) is 0 Å². The van der Waals surface area contributed by atoms with E-state index in [1.807, 2.05) is 12.1 Å². The Labute approximate surface area is 134 Å². The van der Waals surface area contributed by atoms with Crippen molar-refractivity contribution in [1.29, 1.82) is 0 Å². The van der Waals surface area contributed by atoms with Crippen LogP contribution in [-0.4, -0.2) is 37.0 Å². The number of amides is 1. The molecule has 0 heterocycles. The van der Waals surface area contributed by atoms with Crippen LogP contribution < -0.4 is 0 Å². The molecule has 0 unspecified atom stereocenters. The maximum Gasteiger partial charge on any atom is 0.307 e. The third kappa shape index (κ3) is 6.29. The highest BCUT2D eigenvalue weighted by molar-refractivity contribution is 9.10. The summed E-state index contributed by atoms with van der Waals surface area (Å²) in [6.45, 7) is 5.24. The van der Waals surface area contributed by atoms with Gasteiger partial charge >= 0.3 is 5.97 Å². The van der Waals surface area contributed by atoms with Gasteiger partial charge in [-0.2, -0.15) is 0 Å². The number of carbonyl (C=O) groups excluding carboxylic acids is 2. The minimum absolute atomic E-state index is 0.0548. The molecule has 0 aromatic heterocycles. The topological polar surface area (TPSA) is 46.6 Å². The predicted molar refractivity (Wildman–Crippen MR) is 86.1 cm³/mol. The first kappa shape index (κ1) is 17.7. The van der Waals surface area contributed by atoms with Crippen molar-refractivity contribution in [3.05, 3.63) is 34.3 Å². The summed E-state index contributed by atoms with van der Waals surface area (Å²) in [5.41, 5.74) is 0.623. The van der Waals surface area contributed by atoms with Crippen LogP contribution in [-0.2, 0) is 9.53 Å². The molecule has 0 aliphatic rings. The zero-order chi connectivity index (χ0) is 15.8. The quantitative estimate of drug-likeness (QED) is 0.703. The van der Waals surface area contributed by atoms with Crippen LogP contribution >= 0.6 is 15.9 Å². The van der Waals surface area contributed by atoms with Gasteiger partial charge in [0.1, 0.15) is 0 Å². The standard InChI is InChI=1S/C16H22BrNO3/c1-12(2)7-9-18(10-8-15(19)21-3)16(20)13-5-4-6-14(17)11-13/h4-6,11-12H,7-10H2,1-3H3.